The number of thiophene rings is 1. The zero-order valence-electron chi connectivity index (χ0n) is 11.3. The average molecular weight is 269 g/mol. The van der Waals surface area contributed by atoms with E-state index in [0.29, 0.717) is 19.1 Å². The van der Waals surface area contributed by atoms with Crippen LogP contribution in [-0.4, -0.2) is 19.1 Å². The SMILES string of the molecule is CCOC(=O)CCCCCNC(C)c1cccs1. The molecule has 0 bridgehead atoms. The molecule has 1 rings (SSSR count). The minimum absolute atomic E-state index is 0.0718. The third-order valence-corrected chi connectivity index (χ3v) is 3.84. The molecule has 0 amide bonds. The fourth-order valence-corrected chi connectivity index (χ4v) is 2.52. The molecule has 0 aromatic carbocycles. The third kappa shape index (κ3) is 6.17. The van der Waals surface area contributed by atoms with Gasteiger partial charge in [0.05, 0.1) is 6.61 Å². The summed E-state index contributed by atoms with van der Waals surface area (Å²) < 4.78 is 4.88. The van der Waals surface area contributed by atoms with Crippen molar-refractivity contribution in [3.8, 4) is 0 Å². The Morgan fingerprint density at radius 3 is 2.94 bits per heavy atom. The molecule has 1 atom stereocenters. The standard InChI is InChI=1S/C14H23NO2S/c1-3-17-14(16)9-5-4-6-10-15-12(2)13-8-7-11-18-13/h7-8,11-12,15H,3-6,9-10H2,1-2H3. The van der Waals surface area contributed by atoms with Crippen LogP contribution in [0.25, 0.3) is 0 Å². The van der Waals surface area contributed by atoms with Crippen molar-refractivity contribution in [2.24, 2.45) is 0 Å². The van der Waals surface area contributed by atoms with Gasteiger partial charge in [0.25, 0.3) is 0 Å². The Bertz CT molecular complexity index is 325. The van der Waals surface area contributed by atoms with Crippen molar-refractivity contribution in [2.75, 3.05) is 13.2 Å². The van der Waals surface area contributed by atoms with E-state index in [9.17, 15) is 4.79 Å². The highest BCUT2D eigenvalue weighted by atomic mass is 32.1. The molecule has 0 saturated carbocycles. The molecule has 3 nitrogen and oxygen atoms in total. The summed E-state index contributed by atoms with van der Waals surface area (Å²) in [5.41, 5.74) is 0. The van der Waals surface area contributed by atoms with Crippen molar-refractivity contribution in [3.63, 3.8) is 0 Å². The van der Waals surface area contributed by atoms with Gasteiger partial charge in [-0.3, -0.25) is 4.79 Å². The molecule has 0 aliphatic rings. The van der Waals surface area contributed by atoms with E-state index in [1.165, 1.54) is 4.88 Å². The maximum atomic E-state index is 11.1. The van der Waals surface area contributed by atoms with Gasteiger partial charge in [-0.25, -0.2) is 0 Å². The average Bonchev–Trinajstić information content (AvgIpc) is 2.87. The highest BCUT2D eigenvalue weighted by Crippen LogP contribution is 2.17. The second-order valence-electron chi connectivity index (χ2n) is 4.31. The number of esters is 1. The topological polar surface area (TPSA) is 38.3 Å². The first-order valence-electron chi connectivity index (χ1n) is 6.66. The zero-order chi connectivity index (χ0) is 13.2. The number of nitrogens with one attached hydrogen (secondary N) is 1. The zero-order valence-corrected chi connectivity index (χ0v) is 12.1. The van der Waals surface area contributed by atoms with Gasteiger partial charge in [-0.2, -0.15) is 0 Å². The Hall–Kier alpha value is -0.870. The molecular formula is C14H23NO2S. The molecule has 4 heteroatoms. The lowest BCUT2D eigenvalue weighted by atomic mass is 10.2. The molecule has 1 aromatic rings. The fraction of sp³-hybridized carbons (Fsp3) is 0.643. The molecule has 0 fully saturated rings. The second-order valence-corrected chi connectivity index (χ2v) is 5.29. The van der Waals surface area contributed by atoms with E-state index in [2.05, 4.69) is 29.8 Å². The van der Waals surface area contributed by atoms with Crippen molar-refractivity contribution in [1.29, 1.82) is 0 Å². The smallest absolute Gasteiger partial charge is 0.305 e. The predicted octanol–water partition coefficient (Wildman–Crippen LogP) is 3.52. The lowest BCUT2D eigenvalue weighted by Gasteiger charge is -2.11. The maximum absolute atomic E-state index is 11.1. The summed E-state index contributed by atoms with van der Waals surface area (Å²) in [4.78, 5) is 12.5. The lowest BCUT2D eigenvalue weighted by Crippen LogP contribution is -2.19. The van der Waals surface area contributed by atoms with Crippen molar-refractivity contribution >= 4 is 17.3 Å². The second kappa shape index (κ2) is 9.11. The Kier molecular flexibility index (Phi) is 7.69. The summed E-state index contributed by atoms with van der Waals surface area (Å²) in [6, 6.07) is 4.66. The first-order valence-corrected chi connectivity index (χ1v) is 7.54. The highest BCUT2D eigenvalue weighted by molar-refractivity contribution is 7.10. The molecule has 18 heavy (non-hydrogen) atoms. The van der Waals surface area contributed by atoms with Crippen molar-refractivity contribution in [3.05, 3.63) is 22.4 Å². The molecule has 1 aromatic heterocycles. The minimum Gasteiger partial charge on any atom is -0.466 e. The molecule has 0 aliphatic heterocycles. The van der Waals surface area contributed by atoms with Gasteiger partial charge in [0.1, 0.15) is 0 Å². The van der Waals surface area contributed by atoms with Crippen LogP contribution in [0.15, 0.2) is 17.5 Å². The molecule has 1 heterocycles. The van der Waals surface area contributed by atoms with Gasteiger partial charge in [-0.15, -0.1) is 11.3 Å². The number of ether oxygens (including phenoxy) is 1. The van der Waals surface area contributed by atoms with E-state index in [1.807, 2.05) is 6.92 Å². The third-order valence-electron chi connectivity index (χ3n) is 2.78. The van der Waals surface area contributed by atoms with Crippen LogP contribution in [0, 0.1) is 0 Å². The largest absolute Gasteiger partial charge is 0.466 e. The fourth-order valence-electron chi connectivity index (χ4n) is 1.76. The molecule has 102 valence electrons. The molecule has 0 saturated heterocycles. The van der Waals surface area contributed by atoms with Crippen molar-refractivity contribution < 1.29 is 9.53 Å². The van der Waals surface area contributed by atoms with Gasteiger partial charge in [0, 0.05) is 17.3 Å². The minimum atomic E-state index is -0.0718. The number of rotatable bonds is 9. The van der Waals surface area contributed by atoms with E-state index in [1.54, 1.807) is 11.3 Å². The number of carbonyl (C=O) groups is 1. The van der Waals surface area contributed by atoms with Crippen LogP contribution in [0.5, 0.6) is 0 Å². The van der Waals surface area contributed by atoms with Gasteiger partial charge in [0.15, 0.2) is 0 Å². The molecule has 0 aliphatic carbocycles. The van der Waals surface area contributed by atoms with Crippen molar-refractivity contribution in [1.82, 2.24) is 5.32 Å². The van der Waals surface area contributed by atoms with E-state index < -0.39 is 0 Å². The summed E-state index contributed by atoms with van der Waals surface area (Å²) in [5, 5.41) is 5.60. The number of hydrogen-bond acceptors (Lipinski definition) is 4. The van der Waals surface area contributed by atoms with E-state index >= 15 is 0 Å². The van der Waals surface area contributed by atoms with Crippen LogP contribution in [0.1, 0.15) is 50.4 Å². The van der Waals surface area contributed by atoms with Gasteiger partial charge in [-0.1, -0.05) is 12.5 Å². The van der Waals surface area contributed by atoms with Crippen LogP contribution in [0.3, 0.4) is 0 Å². The van der Waals surface area contributed by atoms with Crippen LogP contribution in [0.4, 0.5) is 0 Å². The Balaban J connectivity index is 1.97. The van der Waals surface area contributed by atoms with Crippen LogP contribution < -0.4 is 5.32 Å². The first-order chi connectivity index (χ1) is 8.74. The molecule has 1 unspecified atom stereocenters. The number of hydrogen-bond donors (Lipinski definition) is 1. The molecule has 0 radical (unpaired) electrons. The highest BCUT2D eigenvalue weighted by Gasteiger charge is 2.05. The first kappa shape index (κ1) is 15.2. The van der Waals surface area contributed by atoms with Crippen LogP contribution in [0.2, 0.25) is 0 Å². The summed E-state index contributed by atoms with van der Waals surface area (Å²) in [6.45, 7) is 5.51. The number of carbonyl (C=O) groups excluding carboxylic acids is 1. The van der Waals surface area contributed by atoms with Crippen LogP contribution in [-0.2, 0) is 9.53 Å². The van der Waals surface area contributed by atoms with Gasteiger partial charge in [0.2, 0.25) is 0 Å². The molecule has 1 N–H and O–H groups in total. The Morgan fingerprint density at radius 1 is 1.44 bits per heavy atom. The molecule has 0 spiro atoms. The maximum Gasteiger partial charge on any atom is 0.305 e. The lowest BCUT2D eigenvalue weighted by molar-refractivity contribution is -0.143. The Labute approximate surface area is 114 Å². The van der Waals surface area contributed by atoms with Gasteiger partial charge >= 0.3 is 5.97 Å². The monoisotopic (exact) mass is 269 g/mol. The number of unbranched alkanes of at least 4 members (excludes halogenated alkanes) is 2. The quantitative estimate of drug-likeness (QED) is 0.550. The van der Waals surface area contributed by atoms with E-state index in [-0.39, 0.29) is 5.97 Å². The normalized spacial score (nSPS) is 12.3. The van der Waals surface area contributed by atoms with Crippen molar-refractivity contribution in [2.45, 2.75) is 45.6 Å². The van der Waals surface area contributed by atoms with E-state index in [0.717, 1.165) is 25.8 Å². The van der Waals surface area contributed by atoms with Gasteiger partial charge < -0.3 is 10.1 Å². The summed E-state index contributed by atoms with van der Waals surface area (Å²) in [6.07, 6.45) is 3.65. The predicted molar refractivity (Wildman–Crippen MR) is 75.8 cm³/mol. The summed E-state index contributed by atoms with van der Waals surface area (Å²) in [7, 11) is 0. The van der Waals surface area contributed by atoms with Crippen LogP contribution >= 0.6 is 11.3 Å². The van der Waals surface area contributed by atoms with Gasteiger partial charge in [-0.05, 0) is 44.7 Å². The Morgan fingerprint density at radius 2 is 2.28 bits per heavy atom. The molecular weight excluding hydrogens is 246 g/mol. The van der Waals surface area contributed by atoms with E-state index in [4.69, 9.17) is 4.74 Å². The summed E-state index contributed by atoms with van der Waals surface area (Å²) >= 11 is 1.79. The summed E-state index contributed by atoms with van der Waals surface area (Å²) in [5.74, 6) is -0.0718.